The Morgan fingerprint density at radius 2 is 1.95 bits per heavy atom. The van der Waals surface area contributed by atoms with Crippen molar-refractivity contribution in [3.05, 3.63) is 29.8 Å². The molecular formula is C16H28N2O2. The first-order chi connectivity index (χ1) is 9.56. The Kier molecular flexibility index (Phi) is 7.59. The van der Waals surface area contributed by atoms with Gasteiger partial charge in [0.1, 0.15) is 5.75 Å². The molecule has 4 nitrogen and oxygen atoms in total. The van der Waals surface area contributed by atoms with Gasteiger partial charge in [0, 0.05) is 19.6 Å². The fourth-order valence-electron chi connectivity index (χ4n) is 2.15. The average molecular weight is 280 g/mol. The van der Waals surface area contributed by atoms with Crippen molar-refractivity contribution < 1.29 is 9.84 Å². The number of ether oxygens (including phenoxy) is 1. The number of hydrogen-bond acceptors (Lipinski definition) is 4. The van der Waals surface area contributed by atoms with Crippen LogP contribution < -0.4 is 4.74 Å². The molecule has 1 aromatic carbocycles. The van der Waals surface area contributed by atoms with Crippen LogP contribution in [0.1, 0.15) is 25.0 Å². The summed E-state index contributed by atoms with van der Waals surface area (Å²) in [7, 11) is 5.79. The van der Waals surface area contributed by atoms with E-state index in [2.05, 4.69) is 30.8 Å². The SMILES string of the molecule is CCCN(CCN(C)C)CC(O)c1cccc(OC)c1. The summed E-state index contributed by atoms with van der Waals surface area (Å²) >= 11 is 0. The Hall–Kier alpha value is -1.10. The number of benzene rings is 1. The fourth-order valence-corrected chi connectivity index (χ4v) is 2.15. The van der Waals surface area contributed by atoms with E-state index in [0.29, 0.717) is 6.54 Å². The third-order valence-corrected chi connectivity index (χ3v) is 3.31. The largest absolute Gasteiger partial charge is 0.497 e. The second kappa shape index (κ2) is 8.95. The van der Waals surface area contributed by atoms with Gasteiger partial charge in [0.15, 0.2) is 0 Å². The van der Waals surface area contributed by atoms with Gasteiger partial charge >= 0.3 is 0 Å². The van der Waals surface area contributed by atoms with Crippen molar-refractivity contribution in [3.63, 3.8) is 0 Å². The standard InChI is InChI=1S/C16H28N2O2/c1-5-9-18(11-10-17(2)3)13-16(19)14-7-6-8-15(12-14)20-4/h6-8,12,16,19H,5,9-11,13H2,1-4H3. The smallest absolute Gasteiger partial charge is 0.119 e. The highest BCUT2D eigenvalue weighted by Crippen LogP contribution is 2.20. The van der Waals surface area contributed by atoms with Gasteiger partial charge in [-0.3, -0.25) is 4.90 Å². The summed E-state index contributed by atoms with van der Waals surface area (Å²) < 4.78 is 5.21. The van der Waals surface area contributed by atoms with Gasteiger partial charge in [0.05, 0.1) is 13.2 Å². The van der Waals surface area contributed by atoms with E-state index in [0.717, 1.165) is 37.4 Å². The number of rotatable bonds is 9. The van der Waals surface area contributed by atoms with Crippen molar-refractivity contribution in [1.29, 1.82) is 0 Å². The van der Waals surface area contributed by atoms with E-state index in [-0.39, 0.29) is 0 Å². The van der Waals surface area contributed by atoms with E-state index in [1.165, 1.54) is 0 Å². The van der Waals surface area contributed by atoms with Crippen LogP contribution in [0.25, 0.3) is 0 Å². The molecule has 1 rings (SSSR count). The molecule has 0 bridgehead atoms. The van der Waals surface area contributed by atoms with Crippen LogP contribution in [0.4, 0.5) is 0 Å². The van der Waals surface area contributed by atoms with Crippen molar-refractivity contribution >= 4 is 0 Å². The molecule has 0 radical (unpaired) electrons. The molecule has 20 heavy (non-hydrogen) atoms. The highest BCUT2D eigenvalue weighted by Gasteiger charge is 2.13. The Bertz CT molecular complexity index is 382. The van der Waals surface area contributed by atoms with Crippen molar-refractivity contribution in [1.82, 2.24) is 9.80 Å². The van der Waals surface area contributed by atoms with Gasteiger partial charge in [0.2, 0.25) is 0 Å². The first kappa shape index (κ1) is 17.0. The van der Waals surface area contributed by atoms with Gasteiger partial charge in [0.25, 0.3) is 0 Å². The predicted molar refractivity (Wildman–Crippen MR) is 83.2 cm³/mol. The third kappa shape index (κ3) is 5.90. The van der Waals surface area contributed by atoms with Crippen LogP contribution >= 0.6 is 0 Å². The predicted octanol–water partition coefficient (Wildman–Crippen LogP) is 2.00. The Morgan fingerprint density at radius 3 is 2.55 bits per heavy atom. The number of methoxy groups -OCH3 is 1. The minimum absolute atomic E-state index is 0.473. The van der Waals surface area contributed by atoms with Crippen molar-refractivity contribution in [2.75, 3.05) is 47.4 Å². The third-order valence-electron chi connectivity index (χ3n) is 3.31. The van der Waals surface area contributed by atoms with Crippen molar-refractivity contribution in [3.8, 4) is 5.75 Å². The van der Waals surface area contributed by atoms with Crippen LogP contribution in [0.15, 0.2) is 24.3 Å². The molecule has 0 saturated heterocycles. The van der Waals surface area contributed by atoms with Gasteiger partial charge in [-0.1, -0.05) is 19.1 Å². The van der Waals surface area contributed by atoms with Crippen LogP contribution in [0.5, 0.6) is 5.75 Å². The van der Waals surface area contributed by atoms with Crippen molar-refractivity contribution in [2.24, 2.45) is 0 Å². The molecule has 4 heteroatoms. The zero-order valence-corrected chi connectivity index (χ0v) is 13.2. The molecule has 0 saturated carbocycles. The number of aliphatic hydroxyl groups is 1. The van der Waals surface area contributed by atoms with E-state index < -0.39 is 6.10 Å². The van der Waals surface area contributed by atoms with E-state index in [4.69, 9.17) is 4.74 Å². The molecule has 0 aliphatic rings. The monoisotopic (exact) mass is 280 g/mol. The Morgan fingerprint density at radius 1 is 1.20 bits per heavy atom. The first-order valence-electron chi connectivity index (χ1n) is 7.26. The lowest BCUT2D eigenvalue weighted by Crippen LogP contribution is -2.35. The highest BCUT2D eigenvalue weighted by atomic mass is 16.5. The van der Waals surface area contributed by atoms with E-state index in [1.807, 2.05) is 24.3 Å². The molecule has 0 aromatic heterocycles. The topological polar surface area (TPSA) is 35.9 Å². The molecular weight excluding hydrogens is 252 g/mol. The van der Waals surface area contributed by atoms with Crippen molar-refractivity contribution in [2.45, 2.75) is 19.4 Å². The summed E-state index contributed by atoms with van der Waals surface area (Å²) in [5.41, 5.74) is 0.912. The molecule has 0 aliphatic heterocycles. The normalized spacial score (nSPS) is 12.9. The van der Waals surface area contributed by atoms with Crippen LogP contribution in [0, 0.1) is 0 Å². The molecule has 0 aliphatic carbocycles. The second-order valence-electron chi connectivity index (χ2n) is 5.40. The summed E-state index contributed by atoms with van der Waals surface area (Å²) in [6.45, 7) is 5.82. The molecule has 0 spiro atoms. The van der Waals surface area contributed by atoms with E-state index in [1.54, 1.807) is 7.11 Å². The number of hydrogen-bond donors (Lipinski definition) is 1. The minimum Gasteiger partial charge on any atom is -0.497 e. The molecule has 1 aromatic rings. The maximum absolute atomic E-state index is 10.4. The lowest BCUT2D eigenvalue weighted by Gasteiger charge is -2.26. The molecule has 0 amide bonds. The molecule has 0 fully saturated rings. The highest BCUT2D eigenvalue weighted by molar-refractivity contribution is 5.29. The maximum Gasteiger partial charge on any atom is 0.119 e. The Labute approximate surface area is 123 Å². The van der Waals surface area contributed by atoms with Gasteiger partial charge in [-0.05, 0) is 44.8 Å². The van der Waals surface area contributed by atoms with Gasteiger partial charge in [-0.15, -0.1) is 0 Å². The summed E-state index contributed by atoms with van der Waals surface area (Å²) in [4.78, 5) is 4.48. The van der Waals surface area contributed by atoms with Gasteiger partial charge in [-0.25, -0.2) is 0 Å². The van der Waals surface area contributed by atoms with Crippen LogP contribution in [-0.2, 0) is 0 Å². The van der Waals surface area contributed by atoms with Gasteiger partial charge < -0.3 is 14.7 Å². The summed E-state index contributed by atoms with van der Waals surface area (Å²) in [5, 5.41) is 10.4. The molecule has 114 valence electrons. The molecule has 1 N–H and O–H groups in total. The molecule has 1 atom stereocenters. The number of likely N-dealkylation sites (N-methyl/N-ethyl adjacent to an activating group) is 1. The average Bonchev–Trinajstić information content (AvgIpc) is 2.45. The lowest BCUT2D eigenvalue weighted by atomic mass is 10.1. The Balaban J connectivity index is 2.61. The van der Waals surface area contributed by atoms with E-state index >= 15 is 0 Å². The minimum atomic E-state index is -0.473. The second-order valence-corrected chi connectivity index (χ2v) is 5.40. The van der Waals surface area contributed by atoms with Crippen LogP contribution in [-0.4, -0.2) is 62.3 Å². The van der Waals surface area contributed by atoms with Gasteiger partial charge in [-0.2, -0.15) is 0 Å². The summed E-state index contributed by atoms with van der Waals surface area (Å²) in [6.07, 6.45) is 0.622. The number of aliphatic hydroxyl groups excluding tert-OH is 1. The first-order valence-corrected chi connectivity index (χ1v) is 7.26. The summed E-state index contributed by atoms with van der Waals surface area (Å²) in [5.74, 6) is 0.789. The van der Waals surface area contributed by atoms with Crippen LogP contribution in [0.2, 0.25) is 0 Å². The lowest BCUT2D eigenvalue weighted by molar-refractivity contribution is 0.108. The summed E-state index contributed by atoms with van der Waals surface area (Å²) in [6, 6.07) is 7.66. The molecule has 0 heterocycles. The zero-order chi connectivity index (χ0) is 15.0. The quantitative estimate of drug-likeness (QED) is 0.750. The van der Waals surface area contributed by atoms with Crippen LogP contribution in [0.3, 0.4) is 0 Å². The molecule has 1 unspecified atom stereocenters. The zero-order valence-electron chi connectivity index (χ0n) is 13.2. The van der Waals surface area contributed by atoms with E-state index in [9.17, 15) is 5.11 Å². The fraction of sp³-hybridized carbons (Fsp3) is 0.625. The number of nitrogens with zero attached hydrogens (tertiary/aromatic N) is 2. The maximum atomic E-state index is 10.4.